The number of carbonyl (C=O) groups excluding carboxylic acids is 1. The van der Waals surface area contributed by atoms with Crippen molar-refractivity contribution in [3.05, 3.63) is 71.9 Å². The summed E-state index contributed by atoms with van der Waals surface area (Å²) < 4.78 is 13.1. The molecule has 1 N–H and O–H groups in total. The topological polar surface area (TPSA) is 55.7 Å². The molecule has 6 heteroatoms. The van der Waals surface area contributed by atoms with Gasteiger partial charge in [-0.15, -0.1) is 0 Å². The van der Waals surface area contributed by atoms with Gasteiger partial charge in [0.1, 0.15) is 5.75 Å². The molecule has 1 fully saturated rings. The Bertz CT molecular complexity index is 1040. The number of morpholine rings is 1. The molecule has 2 aromatic carbocycles. The fraction of sp³-hybridized carbons (Fsp3) is 0.346. The molecule has 0 spiro atoms. The van der Waals surface area contributed by atoms with Gasteiger partial charge in [-0.3, -0.25) is 9.69 Å². The van der Waals surface area contributed by atoms with Crippen molar-refractivity contribution < 1.29 is 14.3 Å². The van der Waals surface area contributed by atoms with Crippen LogP contribution >= 0.6 is 0 Å². The van der Waals surface area contributed by atoms with Crippen molar-refractivity contribution in [3.8, 4) is 22.7 Å². The van der Waals surface area contributed by atoms with Crippen molar-refractivity contribution in [1.82, 2.24) is 14.8 Å². The molecule has 1 aliphatic rings. The second kappa shape index (κ2) is 10.5. The Morgan fingerprint density at radius 1 is 1.06 bits per heavy atom. The molecule has 0 aliphatic carbocycles. The molecule has 3 aromatic rings. The third-order valence-electron chi connectivity index (χ3n) is 5.93. The lowest BCUT2D eigenvalue weighted by Gasteiger charge is -2.26. The highest BCUT2D eigenvalue weighted by atomic mass is 16.5. The molecule has 6 nitrogen and oxygen atoms in total. The predicted octanol–water partition coefficient (Wildman–Crippen LogP) is 3.91. The van der Waals surface area contributed by atoms with Crippen LogP contribution < -0.4 is 10.1 Å². The average molecular weight is 434 g/mol. The summed E-state index contributed by atoms with van der Waals surface area (Å²) in [5.74, 6) is 0.719. The Morgan fingerprint density at radius 3 is 2.53 bits per heavy atom. The number of carbonyl (C=O) groups is 1. The third-order valence-corrected chi connectivity index (χ3v) is 5.93. The van der Waals surface area contributed by atoms with E-state index in [4.69, 9.17) is 9.47 Å². The van der Waals surface area contributed by atoms with Crippen LogP contribution in [0, 0.1) is 6.92 Å². The molecular weight excluding hydrogens is 402 g/mol. The molecular formula is C26H31N3O3. The lowest BCUT2D eigenvalue weighted by molar-refractivity contribution is 0.0374. The van der Waals surface area contributed by atoms with E-state index >= 15 is 0 Å². The number of nitrogens with one attached hydrogen (secondary N) is 1. The van der Waals surface area contributed by atoms with E-state index < -0.39 is 0 Å². The Hall–Kier alpha value is -3.09. The number of ether oxygens (including phenoxy) is 2. The summed E-state index contributed by atoms with van der Waals surface area (Å²) in [4.78, 5) is 15.5. The second-order valence-electron chi connectivity index (χ2n) is 7.97. The number of nitrogens with zero attached hydrogens (tertiary/aromatic N) is 2. The van der Waals surface area contributed by atoms with E-state index in [2.05, 4.69) is 26.9 Å². The van der Waals surface area contributed by atoms with Crippen molar-refractivity contribution >= 4 is 5.91 Å². The Labute approximate surface area is 189 Å². The zero-order valence-corrected chi connectivity index (χ0v) is 18.8. The van der Waals surface area contributed by atoms with Gasteiger partial charge in [-0.25, -0.2) is 0 Å². The van der Waals surface area contributed by atoms with Crippen LogP contribution in [0.1, 0.15) is 22.5 Å². The molecule has 168 valence electrons. The van der Waals surface area contributed by atoms with Crippen LogP contribution in [0.3, 0.4) is 0 Å². The van der Waals surface area contributed by atoms with Crippen LogP contribution in [-0.4, -0.2) is 61.9 Å². The number of aromatic nitrogens is 1. The van der Waals surface area contributed by atoms with E-state index in [1.165, 1.54) is 0 Å². The summed E-state index contributed by atoms with van der Waals surface area (Å²) >= 11 is 0. The summed E-state index contributed by atoms with van der Waals surface area (Å²) in [6.45, 7) is 7.14. The van der Waals surface area contributed by atoms with Gasteiger partial charge < -0.3 is 19.4 Å². The number of hydrogen-bond donors (Lipinski definition) is 1. The van der Waals surface area contributed by atoms with Crippen LogP contribution in [0.2, 0.25) is 0 Å². The summed E-state index contributed by atoms with van der Waals surface area (Å²) in [7, 11) is 1.67. The van der Waals surface area contributed by atoms with Gasteiger partial charge in [0.15, 0.2) is 0 Å². The largest absolute Gasteiger partial charge is 0.495 e. The molecule has 0 bridgehead atoms. The van der Waals surface area contributed by atoms with Crippen molar-refractivity contribution in [1.29, 1.82) is 0 Å². The molecule has 1 aromatic heterocycles. The highest BCUT2D eigenvalue weighted by Gasteiger charge is 2.21. The Morgan fingerprint density at radius 2 is 1.78 bits per heavy atom. The lowest BCUT2D eigenvalue weighted by Crippen LogP contribution is -2.38. The summed E-state index contributed by atoms with van der Waals surface area (Å²) in [5.41, 5.74) is 4.50. The van der Waals surface area contributed by atoms with Gasteiger partial charge >= 0.3 is 0 Å². The molecule has 0 saturated carbocycles. The predicted molar refractivity (Wildman–Crippen MR) is 127 cm³/mol. The van der Waals surface area contributed by atoms with Crippen LogP contribution in [0.25, 0.3) is 16.9 Å². The normalized spacial score (nSPS) is 14.3. The van der Waals surface area contributed by atoms with Crippen molar-refractivity contribution in [3.63, 3.8) is 0 Å². The maximum atomic E-state index is 13.1. The van der Waals surface area contributed by atoms with E-state index in [1.807, 2.05) is 55.5 Å². The maximum Gasteiger partial charge on any atom is 0.253 e. The van der Waals surface area contributed by atoms with Crippen LogP contribution in [0.4, 0.5) is 0 Å². The maximum absolute atomic E-state index is 13.1. The summed E-state index contributed by atoms with van der Waals surface area (Å²) in [5, 5.41) is 3.11. The molecule has 0 unspecified atom stereocenters. The van der Waals surface area contributed by atoms with E-state index in [-0.39, 0.29) is 5.91 Å². The minimum absolute atomic E-state index is 0.0460. The average Bonchev–Trinajstić information content (AvgIpc) is 3.19. The molecule has 1 aliphatic heterocycles. The van der Waals surface area contributed by atoms with Gasteiger partial charge in [-0.05, 0) is 43.7 Å². The minimum atomic E-state index is -0.0460. The highest BCUT2D eigenvalue weighted by molar-refractivity contribution is 5.97. The first-order valence-corrected chi connectivity index (χ1v) is 11.2. The monoisotopic (exact) mass is 433 g/mol. The van der Waals surface area contributed by atoms with E-state index in [0.717, 1.165) is 67.7 Å². The number of benzene rings is 2. The van der Waals surface area contributed by atoms with Gasteiger partial charge in [0.25, 0.3) is 5.91 Å². The number of amides is 1. The number of hydrogen-bond acceptors (Lipinski definition) is 4. The zero-order chi connectivity index (χ0) is 22.3. The van der Waals surface area contributed by atoms with Gasteiger partial charge in [0.2, 0.25) is 0 Å². The molecule has 32 heavy (non-hydrogen) atoms. The third kappa shape index (κ3) is 4.87. The first kappa shape index (κ1) is 22.1. The number of methoxy groups -OCH3 is 1. The Kier molecular flexibility index (Phi) is 7.24. The quantitative estimate of drug-likeness (QED) is 0.547. The van der Waals surface area contributed by atoms with Gasteiger partial charge in [0, 0.05) is 25.3 Å². The van der Waals surface area contributed by atoms with Crippen LogP contribution in [-0.2, 0) is 4.74 Å². The first-order valence-electron chi connectivity index (χ1n) is 11.2. The molecule has 1 amide bonds. The molecule has 2 heterocycles. The SMILES string of the molecule is COc1ccccc1-n1c(-c2ccccc2)cc(C(=O)NCCCN2CCOCC2)c1C. The minimum Gasteiger partial charge on any atom is -0.495 e. The number of para-hydroxylation sites is 2. The van der Waals surface area contributed by atoms with Crippen molar-refractivity contribution in [2.24, 2.45) is 0 Å². The Balaban J connectivity index is 1.57. The molecule has 4 rings (SSSR count). The smallest absolute Gasteiger partial charge is 0.253 e. The van der Waals surface area contributed by atoms with Crippen molar-refractivity contribution in [2.75, 3.05) is 46.5 Å². The van der Waals surface area contributed by atoms with Crippen LogP contribution in [0.15, 0.2) is 60.7 Å². The van der Waals surface area contributed by atoms with E-state index in [1.54, 1.807) is 7.11 Å². The standard InChI is InChI=1S/C26H31N3O3/c1-20-22(26(30)27-13-8-14-28-15-17-32-18-16-28)19-24(21-9-4-3-5-10-21)29(20)23-11-6-7-12-25(23)31-2/h3-7,9-12,19H,8,13-18H2,1-2H3,(H,27,30). The fourth-order valence-electron chi connectivity index (χ4n) is 4.21. The van der Waals surface area contributed by atoms with E-state index in [9.17, 15) is 4.79 Å². The lowest BCUT2D eigenvalue weighted by atomic mass is 10.1. The highest BCUT2D eigenvalue weighted by Crippen LogP contribution is 2.33. The van der Waals surface area contributed by atoms with E-state index in [0.29, 0.717) is 12.1 Å². The summed E-state index contributed by atoms with van der Waals surface area (Å²) in [6, 6.07) is 20.0. The molecule has 0 atom stereocenters. The molecule has 0 radical (unpaired) electrons. The zero-order valence-electron chi connectivity index (χ0n) is 18.8. The summed E-state index contributed by atoms with van der Waals surface area (Å²) in [6.07, 6.45) is 0.920. The number of rotatable bonds is 8. The van der Waals surface area contributed by atoms with Gasteiger partial charge in [-0.1, -0.05) is 42.5 Å². The van der Waals surface area contributed by atoms with Crippen molar-refractivity contribution in [2.45, 2.75) is 13.3 Å². The van der Waals surface area contributed by atoms with Gasteiger partial charge in [0.05, 0.1) is 37.3 Å². The first-order chi connectivity index (χ1) is 15.7. The molecule has 1 saturated heterocycles. The fourth-order valence-corrected chi connectivity index (χ4v) is 4.21. The van der Waals surface area contributed by atoms with Gasteiger partial charge in [-0.2, -0.15) is 0 Å². The second-order valence-corrected chi connectivity index (χ2v) is 7.97. The van der Waals surface area contributed by atoms with Crippen LogP contribution in [0.5, 0.6) is 5.75 Å².